The first-order valence-electron chi connectivity index (χ1n) is 8.95. The molecule has 0 aromatic heterocycles. The minimum atomic E-state index is 0.0828. The first kappa shape index (κ1) is 18.8. The zero-order valence-electron chi connectivity index (χ0n) is 16.3. The van der Waals surface area contributed by atoms with Gasteiger partial charge in [-0.05, 0) is 46.5 Å². The largest absolute Gasteiger partial charge is 0.493 e. The third kappa shape index (κ3) is 4.22. The summed E-state index contributed by atoms with van der Waals surface area (Å²) in [5, 5.41) is 2.34. The van der Waals surface area contributed by atoms with Crippen molar-refractivity contribution in [2.75, 3.05) is 21.3 Å². The van der Waals surface area contributed by atoms with Gasteiger partial charge in [0.05, 0.1) is 20.6 Å². The fraction of sp³-hybridized carbons (Fsp3) is 0.261. The highest BCUT2D eigenvalue weighted by molar-refractivity contribution is 5.85. The molecule has 0 bridgehead atoms. The number of likely N-dealkylation sites (N-methyl/N-ethyl adjacent to an activating group) is 1. The molecule has 3 aromatic rings. The topological polar surface area (TPSA) is 38.8 Å². The third-order valence-corrected chi connectivity index (χ3v) is 4.84. The molecule has 4 heteroatoms. The van der Waals surface area contributed by atoms with Crippen LogP contribution < -0.4 is 9.47 Å². The van der Waals surface area contributed by atoms with Crippen LogP contribution in [-0.4, -0.2) is 32.1 Å². The van der Waals surface area contributed by atoms with Gasteiger partial charge >= 0.3 is 0 Å². The Hall–Kier alpha value is -3.01. The van der Waals surface area contributed by atoms with E-state index in [4.69, 9.17) is 9.47 Å². The van der Waals surface area contributed by atoms with Crippen LogP contribution in [0.25, 0.3) is 10.8 Å². The predicted octanol–water partition coefficient (Wildman–Crippen LogP) is 4.37. The summed E-state index contributed by atoms with van der Waals surface area (Å²) in [6, 6.07) is 18.2. The molecule has 0 fully saturated rings. The number of rotatable bonds is 6. The van der Waals surface area contributed by atoms with Crippen LogP contribution in [0.2, 0.25) is 0 Å². The number of fused-ring (bicyclic) bond motifs is 1. The van der Waals surface area contributed by atoms with Gasteiger partial charge in [-0.25, -0.2) is 0 Å². The van der Waals surface area contributed by atoms with E-state index < -0.39 is 0 Å². The van der Waals surface area contributed by atoms with E-state index in [1.165, 1.54) is 5.39 Å². The molecular formula is C23H25NO3. The maximum absolute atomic E-state index is 12.7. The van der Waals surface area contributed by atoms with Crippen molar-refractivity contribution in [2.24, 2.45) is 0 Å². The fourth-order valence-corrected chi connectivity index (χ4v) is 3.20. The number of carbonyl (C=O) groups excluding carboxylic acids is 1. The number of hydrogen-bond donors (Lipinski definition) is 0. The minimum Gasteiger partial charge on any atom is -0.493 e. The summed E-state index contributed by atoms with van der Waals surface area (Å²) in [6.07, 6.45) is 0.383. The Labute approximate surface area is 160 Å². The molecule has 4 nitrogen and oxygen atoms in total. The van der Waals surface area contributed by atoms with Crippen molar-refractivity contribution in [1.82, 2.24) is 4.90 Å². The van der Waals surface area contributed by atoms with E-state index >= 15 is 0 Å². The van der Waals surface area contributed by atoms with Crippen LogP contribution in [0.3, 0.4) is 0 Å². The second kappa shape index (κ2) is 8.12. The summed E-state index contributed by atoms with van der Waals surface area (Å²) in [5.74, 6) is 1.46. The number of methoxy groups -OCH3 is 2. The van der Waals surface area contributed by atoms with Crippen molar-refractivity contribution >= 4 is 16.7 Å². The average Bonchev–Trinajstić information content (AvgIpc) is 2.68. The standard InChI is InChI=1S/C23H25NO3/c1-16-11-21(26-3)22(27-4)14-20(16)15-24(2)23(25)13-17-9-10-18-7-5-6-8-19(18)12-17/h5-12,14H,13,15H2,1-4H3. The molecule has 0 radical (unpaired) electrons. The molecule has 0 aliphatic heterocycles. The first-order chi connectivity index (χ1) is 13.0. The molecule has 0 unspecified atom stereocenters. The molecule has 0 N–H and O–H groups in total. The van der Waals surface area contributed by atoms with E-state index in [9.17, 15) is 4.79 Å². The second-order valence-electron chi connectivity index (χ2n) is 6.74. The van der Waals surface area contributed by atoms with Crippen LogP contribution in [0.4, 0.5) is 0 Å². The molecule has 0 aliphatic carbocycles. The summed E-state index contributed by atoms with van der Waals surface area (Å²) >= 11 is 0. The Morgan fingerprint density at radius 2 is 1.59 bits per heavy atom. The Bertz CT molecular complexity index is 965. The molecule has 0 spiro atoms. The Morgan fingerprint density at radius 3 is 2.30 bits per heavy atom. The van der Waals surface area contributed by atoms with Crippen LogP contribution in [0.1, 0.15) is 16.7 Å². The summed E-state index contributed by atoms with van der Waals surface area (Å²) in [4.78, 5) is 14.5. The first-order valence-corrected chi connectivity index (χ1v) is 8.95. The highest BCUT2D eigenvalue weighted by atomic mass is 16.5. The molecule has 140 valence electrons. The number of nitrogens with zero attached hydrogens (tertiary/aromatic N) is 1. The lowest BCUT2D eigenvalue weighted by atomic mass is 10.0. The number of ether oxygens (including phenoxy) is 2. The van der Waals surface area contributed by atoms with Gasteiger partial charge in [0.1, 0.15) is 0 Å². The van der Waals surface area contributed by atoms with E-state index in [0.29, 0.717) is 24.5 Å². The van der Waals surface area contributed by atoms with Crippen LogP contribution >= 0.6 is 0 Å². The highest BCUT2D eigenvalue weighted by Gasteiger charge is 2.14. The summed E-state index contributed by atoms with van der Waals surface area (Å²) in [7, 11) is 5.07. The molecule has 0 saturated carbocycles. The number of benzene rings is 3. The average molecular weight is 363 g/mol. The van der Waals surface area contributed by atoms with E-state index in [0.717, 1.165) is 22.1 Å². The predicted molar refractivity (Wildman–Crippen MR) is 108 cm³/mol. The van der Waals surface area contributed by atoms with E-state index in [-0.39, 0.29) is 5.91 Å². The van der Waals surface area contributed by atoms with Crippen molar-refractivity contribution in [1.29, 1.82) is 0 Å². The molecule has 0 saturated heterocycles. The van der Waals surface area contributed by atoms with Gasteiger partial charge in [-0.15, -0.1) is 0 Å². The van der Waals surface area contributed by atoms with Crippen molar-refractivity contribution in [3.05, 3.63) is 71.3 Å². The Kier molecular flexibility index (Phi) is 5.65. The molecule has 0 atom stereocenters. The smallest absolute Gasteiger partial charge is 0.227 e. The van der Waals surface area contributed by atoms with Gasteiger partial charge < -0.3 is 14.4 Å². The number of amides is 1. The maximum atomic E-state index is 12.7. The van der Waals surface area contributed by atoms with E-state index in [1.54, 1.807) is 19.1 Å². The van der Waals surface area contributed by atoms with Crippen molar-refractivity contribution in [3.63, 3.8) is 0 Å². The molecular weight excluding hydrogens is 338 g/mol. The number of hydrogen-bond acceptors (Lipinski definition) is 3. The van der Waals surface area contributed by atoms with Crippen molar-refractivity contribution in [3.8, 4) is 11.5 Å². The lowest BCUT2D eigenvalue weighted by molar-refractivity contribution is -0.129. The zero-order chi connectivity index (χ0) is 19.4. The lowest BCUT2D eigenvalue weighted by Gasteiger charge is -2.20. The number of carbonyl (C=O) groups is 1. The van der Waals surface area contributed by atoms with E-state index in [2.05, 4.69) is 24.3 Å². The molecule has 3 aromatic carbocycles. The number of aryl methyl sites for hydroxylation is 1. The van der Waals surface area contributed by atoms with Gasteiger partial charge in [0.15, 0.2) is 11.5 Å². The molecule has 0 aliphatic rings. The van der Waals surface area contributed by atoms with Gasteiger partial charge in [-0.3, -0.25) is 4.79 Å². The Balaban J connectivity index is 1.73. The van der Waals surface area contributed by atoms with Crippen molar-refractivity contribution < 1.29 is 14.3 Å². The fourth-order valence-electron chi connectivity index (χ4n) is 3.20. The van der Waals surface area contributed by atoms with Crippen LogP contribution in [0.15, 0.2) is 54.6 Å². The molecule has 0 heterocycles. The van der Waals surface area contributed by atoms with Crippen LogP contribution in [0, 0.1) is 6.92 Å². The van der Waals surface area contributed by atoms with Gasteiger partial charge in [-0.1, -0.05) is 42.5 Å². The SMILES string of the molecule is COc1cc(C)c(CN(C)C(=O)Cc2ccc3ccccc3c2)cc1OC. The highest BCUT2D eigenvalue weighted by Crippen LogP contribution is 2.30. The second-order valence-corrected chi connectivity index (χ2v) is 6.74. The van der Waals surface area contributed by atoms with Gasteiger partial charge in [0.2, 0.25) is 5.91 Å². The van der Waals surface area contributed by atoms with Gasteiger partial charge in [0.25, 0.3) is 0 Å². The monoisotopic (exact) mass is 363 g/mol. The molecule has 1 amide bonds. The quantitative estimate of drug-likeness (QED) is 0.653. The van der Waals surface area contributed by atoms with Gasteiger partial charge in [0, 0.05) is 13.6 Å². The van der Waals surface area contributed by atoms with Crippen LogP contribution in [0.5, 0.6) is 11.5 Å². The summed E-state index contributed by atoms with van der Waals surface area (Å²) in [5.41, 5.74) is 3.13. The molecule has 27 heavy (non-hydrogen) atoms. The minimum absolute atomic E-state index is 0.0828. The van der Waals surface area contributed by atoms with Crippen LogP contribution in [-0.2, 0) is 17.8 Å². The van der Waals surface area contributed by atoms with E-state index in [1.807, 2.05) is 44.3 Å². The zero-order valence-corrected chi connectivity index (χ0v) is 16.3. The summed E-state index contributed by atoms with van der Waals surface area (Å²) in [6.45, 7) is 2.54. The van der Waals surface area contributed by atoms with Crippen molar-refractivity contribution in [2.45, 2.75) is 19.9 Å². The third-order valence-electron chi connectivity index (χ3n) is 4.84. The van der Waals surface area contributed by atoms with Gasteiger partial charge in [-0.2, -0.15) is 0 Å². The normalized spacial score (nSPS) is 10.7. The molecule has 3 rings (SSSR count). The Morgan fingerprint density at radius 1 is 0.926 bits per heavy atom. The lowest BCUT2D eigenvalue weighted by Crippen LogP contribution is -2.28. The maximum Gasteiger partial charge on any atom is 0.227 e. The summed E-state index contributed by atoms with van der Waals surface area (Å²) < 4.78 is 10.7.